The van der Waals surface area contributed by atoms with Gasteiger partial charge in [-0.25, -0.2) is 19.6 Å². The lowest BCUT2D eigenvalue weighted by atomic mass is 9.99. The van der Waals surface area contributed by atoms with Crippen molar-refractivity contribution in [3.8, 4) is 5.75 Å². The molecule has 39 heavy (non-hydrogen) atoms. The number of methoxy groups -OCH3 is 2. The molecular weight excluding hydrogens is 623 g/mol. The van der Waals surface area contributed by atoms with Crippen LogP contribution in [0.1, 0.15) is 51.4 Å². The Morgan fingerprint density at radius 2 is 1.92 bits per heavy atom. The highest BCUT2D eigenvalue weighted by molar-refractivity contribution is 14.1. The molecule has 1 unspecified atom stereocenters. The summed E-state index contributed by atoms with van der Waals surface area (Å²) < 4.78 is 12.5. The predicted octanol–water partition coefficient (Wildman–Crippen LogP) is 3.53. The number of aliphatic hydroxyl groups is 1. The fourth-order valence-electron chi connectivity index (χ4n) is 4.05. The number of carbonyl (C=O) groups is 2. The van der Waals surface area contributed by atoms with Gasteiger partial charge in [-0.3, -0.25) is 10.00 Å². The number of alkyl carbamates (subject to hydrolysis) is 1. The molecule has 3 aromatic rings. The van der Waals surface area contributed by atoms with Gasteiger partial charge in [-0.15, -0.1) is 0 Å². The number of pyridine rings is 1. The van der Waals surface area contributed by atoms with Crippen LogP contribution in [0.5, 0.6) is 5.75 Å². The molecule has 3 heterocycles. The van der Waals surface area contributed by atoms with Crippen LogP contribution in [0.3, 0.4) is 0 Å². The third kappa shape index (κ3) is 7.35. The standard InChI is InChI=1S/C24H33IN8O6/c1-6-7-13(10-11-34)26-20-18-17(28-21(29-20)30-22(35)36)19(25)32-33(18)12-14-15(38-4)8-9-16(27-14)24(2,3)31-23(37)39-5/h8-9,13,34H,6-7,10-12H2,1-5H3,(H,31,37)(H,35,36)(H2,26,28,29,30). The molecule has 1 atom stereocenters. The minimum Gasteiger partial charge on any atom is -0.495 e. The van der Waals surface area contributed by atoms with E-state index in [1.54, 1.807) is 30.7 Å². The molecule has 0 aliphatic heterocycles. The van der Waals surface area contributed by atoms with Gasteiger partial charge in [-0.1, -0.05) is 13.3 Å². The summed E-state index contributed by atoms with van der Waals surface area (Å²) in [6.07, 6.45) is 0.226. The van der Waals surface area contributed by atoms with Crippen LogP contribution >= 0.6 is 22.6 Å². The Morgan fingerprint density at radius 1 is 1.18 bits per heavy atom. The summed E-state index contributed by atoms with van der Waals surface area (Å²) in [4.78, 5) is 36.8. The van der Waals surface area contributed by atoms with Gasteiger partial charge in [0.15, 0.2) is 5.82 Å². The third-order valence-corrected chi connectivity index (χ3v) is 6.64. The van der Waals surface area contributed by atoms with E-state index >= 15 is 0 Å². The molecule has 0 aliphatic carbocycles. The molecule has 0 bridgehead atoms. The number of nitrogens with zero attached hydrogens (tertiary/aromatic N) is 5. The first-order valence-corrected chi connectivity index (χ1v) is 13.3. The largest absolute Gasteiger partial charge is 0.495 e. The van der Waals surface area contributed by atoms with Gasteiger partial charge >= 0.3 is 12.2 Å². The molecule has 0 saturated heterocycles. The quantitative estimate of drug-likeness (QED) is 0.180. The van der Waals surface area contributed by atoms with E-state index in [1.165, 1.54) is 14.2 Å². The van der Waals surface area contributed by atoms with Crippen molar-refractivity contribution in [2.24, 2.45) is 0 Å². The minimum absolute atomic E-state index is 0.0216. The Balaban J connectivity index is 2.13. The number of carboxylic acid groups (broad SMARTS) is 1. The van der Waals surface area contributed by atoms with Gasteiger partial charge in [0.05, 0.1) is 32.0 Å². The summed E-state index contributed by atoms with van der Waals surface area (Å²) in [7, 11) is 2.83. The lowest BCUT2D eigenvalue weighted by molar-refractivity contribution is 0.159. The molecule has 0 radical (unpaired) electrons. The third-order valence-electron chi connectivity index (χ3n) is 5.91. The van der Waals surface area contributed by atoms with Gasteiger partial charge in [-0.05, 0) is 61.4 Å². The van der Waals surface area contributed by atoms with Gasteiger partial charge in [0.2, 0.25) is 5.95 Å². The molecule has 3 rings (SSSR count). The Hall–Kier alpha value is -3.47. The molecule has 0 aromatic carbocycles. The van der Waals surface area contributed by atoms with Gasteiger partial charge in [0.1, 0.15) is 26.2 Å². The number of amides is 2. The van der Waals surface area contributed by atoms with E-state index < -0.39 is 17.7 Å². The van der Waals surface area contributed by atoms with E-state index in [1.807, 2.05) is 29.5 Å². The molecule has 3 aromatic heterocycles. The van der Waals surface area contributed by atoms with Gasteiger partial charge < -0.3 is 30.3 Å². The molecule has 14 nitrogen and oxygen atoms in total. The maximum absolute atomic E-state index is 11.9. The maximum Gasteiger partial charge on any atom is 0.411 e. The summed E-state index contributed by atoms with van der Waals surface area (Å²) in [6.45, 7) is 5.78. The summed E-state index contributed by atoms with van der Waals surface area (Å²) in [6, 6.07) is 3.41. The number of rotatable bonds is 12. The van der Waals surface area contributed by atoms with Crippen molar-refractivity contribution in [3.05, 3.63) is 27.2 Å². The number of halogens is 1. The first-order chi connectivity index (χ1) is 18.5. The Morgan fingerprint density at radius 3 is 2.54 bits per heavy atom. The van der Waals surface area contributed by atoms with E-state index in [4.69, 9.17) is 14.5 Å². The summed E-state index contributed by atoms with van der Waals surface area (Å²) >= 11 is 2.03. The van der Waals surface area contributed by atoms with Crippen LogP contribution in [0, 0.1) is 3.70 Å². The topological polar surface area (TPSA) is 186 Å². The number of carbonyl (C=O) groups excluding carboxylic acids is 1. The first kappa shape index (κ1) is 30.1. The predicted molar refractivity (Wildman–Crippen MR) is 152 cm³/mol. The second kappa shape index (κ2) is 13.1. The van der Waals surface area contributed by atoms with E-state index in [2.05, 4.69) is 31.0 Å². The highest BCUT2D eigenvalue weighted by atomic mass is 127. The number of fused-ring (bicyclic) bond motifs is 1. The van der Waals surface area contributed by atoms with E-state index in [-0.39, 0.29) is 25.1 Å². The van der Waals surface area contributed by atoms with Crippen LogP contribution in [-0.2, 0) is 16.8 Å². The van der Waals surface area contributed by atoms with Gasteiger partial charge in [0.25, 0.3) is 0 Å². The first-order valence-electron chi connectivity index (χ1n) is 12.2. The Kier molecular flexibility index (Phi) is 10.1. The van der Waals surface area contributed by atoms with Crippen molar-refractivity contribution in [3.63, 3.8) is 0 Å². The average molecular weight is 656 g/mol. The average Bonchev–Trinajstić information content (AvgIpc) is 3.18. The van der Waals surface area contributed by atoms with E-state index in [0.29, 0.717) is 44.1 Å². The van der Waals surface area contributed by atoms with E-state index in [0.717, 1.165) is 12.8 Å². The Labute approximate surface area is 239 Å². The fraction of sp³-hybridized carbons (Fsp3) is 0.500. The lowest BCUT2D eigenvalue weighted by Crippen LogP contribution is -2.41. The number of hydrogen-bond acceptors (Lipinski definition) is 10. The van der Waals surface area contributed by atoms with Crippen LogP contribution < -0.4 is 20.7 Å². The number of aliphatic hydroxyl groups excluding tert-OH is 1. The molecule has 0 fully saturated rings. The number of nitrogens with one attached hydrogen (secondary N) is 3. The lowest BCUT2D eigenvalue weighted by Gasteiger charge is -2.26. The molecule has 5 N–H and O–H groups in total. The molecule has 212 valence electrons. The molecular formula is C24H33IN8O6. The second-order valence-corrected chi connectivity index (χ2v) is 10.2. The van der Waals surface area contributed by atoms with Crippen molar-refractivity contribution in [2.45, 2.75) is 58.2 Å². The van der Waals surface area contributed by atoms with Crippen molar-refractivity contribution >= 4 is 57.6 Å². The van der Waals surface area contributed by atoms with Crippen LogP contribution in [0.2, 0.25) is 0 Å². The van der Waals surface area contributed by atoms with Crippen LogP contribution in [0.25, 0.3) is 11.0 Å². The summed E-state index contributed by atoms with van der Waals surface area (Å²) in [5, 5.41) is 31.8. The zero-order chi connectivity index (χ0) is 28.7. The van der Waals surface area contributed by atoms with Crippen LogP contribution in [0.4, 0.5) is 21.4 Å². The molecule has 15 heteroatoms. The number of ether oxygens (including phenoxy) is 2. The minimum atomic E-state index is -1.29. The van der Waals surface area contributed by atoms with Crippen molar-refractivity contribution < 1.29 is 29.3 Å². The second-order valence-electron chi connectivity index (χ2n) is 9.20. The molecule has 2 amide bonds. The zero-order valence-corrected chi connectivity index (χ0v) is 24.6. The SMILES string of the molecule is CCCC(CCO)Nc1nc(NC(=O)O)nc2c(I)nn(Cc3nc(C(C)(C)NC(=O)OC)ccc3OC)c12. The van der Waals surface area contributed by atoms with Crippen molar-refractivity contribution in [1.29, 1.82) is 0 Å². The summed E-state index contributed by atoms with van der Waals surface area (Å²) in [5.74, 6) is 0.784. The van der Waals surface area contributed by atoms with E-state index in [9.17, 15) is 19.8 Å². The molecule has 0 saturated carbocycles. The van der Waals surface area contributed by atoms with Crippen LogP contribution in [-0.4, -0.2) is 74.0 Å². The van der Waals surface area contributed by atoms with Gasteiger partial charge in [0, 0.05) is 12.6 Å². The smallest absolute Gasteiger partial charge is 0.411 e. The number of aromatic nitrogens is 5. The fourth-order valence-corrected chi connectivity index (χ4v) is 4.68. The summed E-state index contributed by atoms with van der Waals surface area (Å²) in [5.41, 5.74) is 1.24. The highest BCUT2D eigenvalue weighted by Gasteiger charge is 2.27. The molecule has 0 spiro atoms. The molecule has 0 aliphatic rings. The highest BCUT2D eigenvalue weighted by Crippen LogP contribution is 2.30. The van der Waals surface area contributed by atoms with Gasteiger partial charge in [-0.2, -0.15) is 10.1 Å². The van der Waals surface area contributed by atoms with Crippen LogP contribution in [0.15, 0.2) is 12.1 Å². The normalized spacial score (nSPS) is 12.2. The zero-order valence-electron chi connectivity index (χ0n) is 22.4. The van der Waals surface area contributed by atoms with Crippen molar-refractivity contribution in [2.75, 3.05) is 31.5 Å². The Bertz CT molecular complexity index is 1330. The monoisotopic (exact) mass is 656 g/mol. The maximum atomic E-state index is 11.9. The number of hydrogen-bond donors (Lipinski definition) is 5. The number of anilines is 2. The van der Waals surface area contributed by atoms with Crippen molar-refractivity contribution in [1.82, 2.24) is 30.0 Å².